The van der Waals surface area contributed by atoms with Crippen LogP contribution in [0.4, 0.5) is 10.1 Å². The second kappa shape index (κ2) is 9.31. The fraction of sp³-hybridized carbons (Fsp3) is 0.263. The third-order valence-corrected chi connectivity index (χ3v) is 4.16. The van der Waals surface area contributed by atoms with Gasteiger partial charge in [-0.2, -0.15) is 0 Å². The van der Waals surface area contributed by atoms with Gasteiger partial charge in [0.25, 0.3) is 5.91 Å². The van der Waals surface area contributed by atoms with Gasteiger partial charge in [0.2, 0.25) is 5.91 Å². The van der Waals surface area contributed by atoms with Gasteiger partial charge in [-0.1, -0.05) is 12.1 Å². The second-order valence-electron chi connectivity index (χ2n) is 6.02. The minimum absolute atomic E-state index is 0. The van der Waals surface area contributed by atoms with E-state index in [9.17, 15) is 14.0 Å². The summed E-state index contributed by atoms with van der Waals surface area (Å²) >= 11 is 0. The van der Waals surface area contributed by atoms with Gasteiger partial charge in [-0.25, -0.2) is 4.39 Å². The monoisotopic (exact) mass is 377 g/mol. The van der Waals surface area contributed by atoms with E-state index in [1.165, 1.54) is 12.1 Å². The van der Waals surface area contributed by atoms with Crippen LogP contribution in [0.1, 0.15) is 28.8 Å². The Hall–Kier alpha value is -2.44. The zero-order chi connectivity index (χ0) is 17.6. The van der Waals surface area contributed by atoms with Crippen LogP contribution >= 0.6 is 12.4 Å². The van der Waals surface area contributed by atoms with E-state index < -0.39 is 0 Å². The molecule has 2 aromatic rings. The molecule has 7 heteroatoms. The average Bonchev–Trinajstić information content (AvgIpc) is 3.16. The highest BCUT2D eigenvalue weighted by molar-refractivity contribution is 5.97. The van der Waals surface area contributed by atoms with Crippen molar-refractivity contribution in [3.8, 4) is 0 Å². The Morgan fingerprint density at radius 3 is 2.38 bits per heavy atom. The summed E-state index contributed by atoms with van der Waals surface area (Å²) in [5.41, 5.74) is 1.98. The van der Waals surface area contributed by atoms with Gasteiger partial charge in [-0.05, 0) is 61.3 Å². The fourth-order valence-electron chi connectivity index (χ4n) is 2.73. The Labute approximate surface area is 157 Å². The van der Waals surface area contributed by atoms with Crippen LogP contribution in [0.3, 0.4) is 0 Å². The predicted octanol–water partition coefficient (Wildman–Crippen LogP) is 2.87. The lowest BCUT2D eigenvalue weighted by atomic mass is 10.1. The molecule has 5 nitrogen and oxygen atoms in total. The van der Waals surface area contributed by atoms with Gasteiger partial charge in [-0.15, -0.1) is 12.4 Å². The van der Waals surface area contributed by atoms with Crippen molar-refractivity contribution >= 4 is 29.9 Å². The molecule has 0 radical (unpaired) electrons. The maximum absolute atomic E-state index is 12.9. The van der Waals surface area contributed by atoms with Crippen LogP contribution in [0, 0.1) is 5.82 Å². The molecule has 2 amide bonds. The predicted molar refractivity (Wildman–Crippen MR) is 101 cm³/mol. The van der Waals surface area contributed by atoms with Crippen LogP contribution in [0.15, 0.2) is 48.5 Å². The van der Waals surface area contributed by atoms with E-state index in [0.717, 1.165) is 24.9 Å². The number of hydrogen-bond donors (Lipinski definition) is 3. The van der Waals surface area contributed by atoms with E-state index in [1.54, 1.807) is 36.4 Å². The summed E-state index contributed by atoms with van der Waals surface area (Å²) in [6.45, 7) is 1.19. The van der Waals surface area contributed by atoms with Gasteiger partial charge in [0.15, 0.2) is 0 Å². The summed E-state index contributed by atoms with van der Waals surface area (Å²) in [5, 5.41) is 8.77. The molecule has 0 aromatic heterocycles. The number of hydrogen-bond acceptors (Lipinski definition) is 3. The molecular weight excluding hydrogens is 357 g/mol. The summed E-state index contributed by atoms with van der Waals surface area (Å²) in [6, 6.07) is 12.6. The summed E-state index contributed by atoms with van der Waals surface area (Å²) in [7, 11) is 0. The normalized spacial score (nSPS) is 15.8. The number of carbonyl (C=O) groups excluding carboxylic acids is 2. The molecule has 1 unspecified atom stereocenters. The van der Waals surface area contributed by atoms with E-state index in [4.69, 9.17) is 0 Å². The summed E-state index contributed by atoms with van der Waals surface area (Å²) in [4.78, 5) is 24.2. The molecule has 0 bridgehead atoms. The van der Waals surface area contributed by atoms with Gasteiger partial charge < -0.3 is 16.0 Å². The van der Waals surface area contributed by atoms with Crippen LogP contribution in [-0.2, 0) is 11.3 Å². The lowest BCUT2D eigenvalue weighted by Gasteiger charge is -2.11. The molecule has 26 heavy (non-hydrogen) atoms. The molecular formula is C19H21ClFN3O2. The van der Waals surface area contributed by atoms with Crippen molar-refractivity contribution in [2.45, 2.75) is 25.4 Å². The van der Waals surface area contributed by atoms with Gasteiger partial charge in [0, 0.05) is 17.8 Å². The van der Waals surface area contributed by atoms with Crippen LogP contribution < -0.4 is 16.0 Å². The number of amides is 2. The molecule has 0 aliphatic carbocycles. The van der Waals surface area contributed by atoms with Crippen molar-refractivity contribution in [1.29, 1.82) is 0 Å². The maximum atomic E-state index is 12.9. The average molecular weight is 378 g/mol. The van der Waals surface area contributed by atoms with Crippen LogP contribution in [0.25, 0.3) is 0 Å². The topological polar surface area (TPSA) is 70.2 Å². The Balaban J connectivity index is 0.00000243. The number of halogens is 2. The summed E-state index contributed by atoms with van der Waals surface area (Å²) in [5.74, 6) is -0.578. The first-order valence-corrected chi connectivity index (χ1v) is 8.29. The summed E-state index contributed by atoms with van der Waals surface area (Å²) in [6.07, 6.45) is 1.85. The first-order valence-electron chi connectivity index (χ1n) is 8.29. The van der Waals surface area contributed by atoms with Crippen molar-refractivity contribution in [2.24, 2.45) is 0 Å². The van der Waals surface area contributed by atoms with Crippen molar-refractivity contribution in [3.63, 3.8) is 0 Å². The van der Waals surface area contributed by atoms with E-state index in [1.807, 2.05) is 0 Å². The maximum Gasteiger partial charge on any atom is 0.251 e. The van der Waals surface area contributed by atoms with E-state index in [0.29, 0.717) is 17.8 Å². The second-order valence-corrected chi connectivity index (χ2v) is 6.02. The lowest BCUT2D eigenvalue weighted by Crippen LogP contribution is -2.35. The third kappa shape index (κ3) is 5.28. The van der Waals surface area contributed by atoms with Gasteiger partial charge >= 0.3 is 0 Å². The van der Waals surface area contributed by atoms with Crippen molar-refractivity contribution in [1.82, 2.24) is 10.6 Å². The zero-order valence-corrected chi connectivity index (χ0v) is 14.9. The Bertz CT molecular complexity index is 744. The highest BCUT2D eigenvalue weighted by atomic mass is 35.5. The molecule has 2 aromatic carbocycles. The molecule has 3 rings (SSSR count). The number of nitrogens with one attached hydrogen (secondary N) is 3. The Kier molecular flexibility index (Phi) is 7.12. The summed E-state index contributed by atoms with van der Waals surface area (Å²) < 4.78 is 12.9. The fourth-order valence-corrected chi connectivity index (χ4v) is 2.73. The molecule has 0 spiro atoms. The minimum atomic E-state index is -0.305. The first-order chi connectivity index (χ1) is 12.1. The Morgan fingerprint density at radius 1 is 1.08 bits per heavy atom. The largest absolute Gasteiger partial charge is 0.348 e. The third-order valence-electron chi connectivity index (χ3n) is 4.16. The molecule has 1 aliphatic rings. The smallest absolute Gasteiger partial charge is 0.251 e. The molecule has 1 aliphatic heterocycles. The quantitative estimate of drug-likeness (QED) is 0.750. The van der Waals surface area contributed by atoms with Gasteiger partial charge in [-0.3, -0.25) is 9.59 Å². The van der Waals surface area contributed by atoms with Crippen LogP contribution in [0.2, 0.25) is 0 Å². The zero-order valence-electron chi connectivity index (χ0n) is 14.1. The SMILES string of the molecule is Cl.O=C(NCc1ccc(F)cc1)c1ccc(NC(=O)C2CCCN2)cc1. The highest BCUT2D eigenvalue weighted by Crippen LogP contribution is 2.13. The van der Waals surface area contributed by atoms with Gasteiger partial charge in [0.1, 0.15) is 5.82 Å². The lowest BCUT2D eigenvalue weighted by molar-refractivity contribution is -0.117. The van der Waals surface area contributed by atoms with Crippen LogP contribution in [0.5, 0.6) is 0 Å². The molecule has 1 saturated heterocycles. The van der Waals surface area contributed by atoms with Crippen LogP contribution in [-0.4, -0.2) is 24.4 Å². The number of rotatable bonds is 5. The Morgan fingerprint density at radius 2 is 1.77 bits per heavy atom. The number of carbonyl (C=O) groups is 2. The first kappa shape index (κ1) is 19.9. The minimum Gasteiger partial charge on any atom is -0.348 e. The van der Waals surface area contributed by atoms with E-state index in [-0.39, 0.29) is 36.1 Å². The van der Waals surface area contributed by atoms with E-state index >= 15 is 0 Å². The standard InChI is InChI=1S/C19H20FN3O2.ClH/c20-15-7-3-13(4-8-15)12-22-18(24)14-5-9-16(10-6-14)23-19(25)17-2-1-11-21-17;/h3-10,17,21H,1-2,11-12H2,(H,22,24)(H,23,25);1H. The van der Waals surface area contributed by atoms with Crippen molar-refractivity contribution in [2.75, 3.05) is 11.9 Å². The molecule has 0 saturated carbocycles. The molecule has 3 N–H and O–H groups in total. The van der Waals surface area contributed by atoms with Crippen molar-refractivity contribution in [3.05, 3.63) is 65.5 Å². The van der Waals surface area contributed by atoms with Crippen molar-refractivity contribution < 1.29 is 14.0 Å². The molecule has 1 heterocycles. The number of benzene rings is 2. The molecule has 1 atom stereocenters. The molecule has 1 fully saturated rings. The number of anilines is 1. The van der Waals surface area contributed by atoms with Gasteiger partial charge in [0.05, 0.1) is 6.04 Å². The highest BCUT2D eigenvalue weighted by Gasteiger charge is 2.21. The van der Waals surface area contributed by atoms with E-state index in [2.05, 4.69) is 16.0 Å². The molecule has 138 valence electrons.